The molecule has 1 aromatic heterocycles. The Labute approximate surface area is 133 Å². The van der Waals surface area contributed by atoms with Gasteiger partial charge < -0.3 is 15.0 Å². The largest absolute Gasteiger partial charge is 0.385 e. The maximum atomic E-state index is 12.4. The summed E-state index contributed by atoms with van der Waals surface area (Å²) in [7, 11) is 3.26. The van der Waals surface area contributed by atoms with Gasteiger partial charge in [0.05, 0.1) is 11.4 Å². The molecule has 0 radical (unpaired) electrons. The SMILES string of the molecule is COCCCNC(=O)CN(C)C(=O)c1cc2ccccc2s1. The number of carbonyl (C=O) groups is 2. The number of benzene rings is 1. The van der Waals surface area contributed by atoms with Crippen LogP contribution in [0.25, 0.3) is 10.1 Å². The lowest BCUT2D eigenvalue weighted by molar-refractivity contribution is -0.121. The van der Waals surface area contributed by atoms with Crippen LogP contribution in [0.4, 0.5) is 0 Å². The Bertz CT molecular complexity index is 621. The molecule has 0 saturated carbocycles. The lowest BCUT2D eigenvalue weighted by atomic mass is 10.2. The fraction of sp³-hybridized carbons (Fsp3) is 0.375. The monoisotopic (exact) mass is 320 g/mol. The molecule has 0 saturated heterocycles. The zero-order valence-electron chi connectivity index (χ0n) is 12.8. The maximum Gasteiger partial charge on any atom is 0.264 e. The van der Waals surface area contributed by atoms with Crippen molar-refractivity contribution in [3.05, 3.63) is 35.2 Å². The van der Waals surface area contributed by atoms with Gasteiger partial charge in [-0.25, -0.2) is 0 Å². The molecule has 0 aliphatic heterocycles. The molecule has 6 heteroatoms. The normalized spacial score (nSPS) is 10.6. The maximum absolute atomic E-state index is 12.4. The highest BCUT2D eigenvalue weighted by molar-refractivity contribution is 7.20. The van der Waals surface area contributed by atoms with E-state index in [1.165, 1.54) is 16.2 Å². The summed E-state index contributed by atoms with van der Waals surface area (Å²) in [6.45, 7) is 1.22. The highest BCUT2D eigenvalue weighted by Gasteiger charge is 2.17. The smallest absolute Gasteiger partial charge is 0.264 e. The number of ether oxygens (including phenoxy) is 1. The number of nitrogens with zero attached hydrogens (tertiary/aromatic N) is 1. The quantitative estimate of drug-likeness (QED) is 0.795. The number of fused-ring (bicyclic) bond motifs is 1. The van der Waals surface area contributed by atoms with Crippen molar-refractivity contribution in [2.45, 2.75) is 6.42 Å². The van der Waals surface area contributed by atoms with E-state index in [-0.39, 0.29) is 18.4 Å². The summed E-state index contributed by atoms with van der Waals surface area (Å²) >= 11 is 1.45. The van der Waals surface area contributed by atoms with E-state index in [2.05, 4.69) is 5.32 Å². The summed E-state index contributed by atoms with van der Waals surface area (Å²) in [5.41, 5.74) is 0. The van der Waals surface area contributed by atoms with Crippen LogP contribution in [0.5, 0.6) is 0 Å². The molecule has 2 amide bonds. The third-order valence-corrected chi connectivity index (χ3v) is 4.32. The van der Waals surface area contributed by atoms with E-state index in [0.29, 0.717) is 18.0 Å². The molecule has 0 unspecified atom stereocenters. The van der Waals surface area contributed by atoms with Crippen LogP contribution < -0.4 is 5.32 Å². The highest BCUT2D eigenvalue weighted by Crippen LogP contribution is 2.25. The van der Waals surface area contributed by atoms with Crippen molar-refractivity contribution in [3.63, 3.8) is 0 Å². The Balaban J connectivity index is 1.90. The molecule has 0 spiro atoms. The number of nitrogens with one attached hydrogen (secondary N) is 1. The summed E-state index contributed by atoms with van der Waals surface area (Å²) < 4.78 is 5.99. The molecule has 2 rings (SSSR count). The van der Waals surface area contributed by atoms with Crippen LogP contribution in [0.1, 0.15) is 16.1 Å². The first-order valence-corrected chi connectivity index (χ1v) is 7.93. The number of methoxy groups -OCH3 is 1. The number of thiophene rings is 1. The van der Waals surface area contributed by atoms with Gasteiger partial charge in [-0.1, -0.05) is 18.2 Å². The molecular formula is C16H20N2O3S. The Morgan fingerprint density at radius 1 is 1.32 bits per heavy atom. The molecule has 2 aromatic rings. The molecule has 0 atom stereocenters. The molecule has 118 valence electrons. The van der Waals surface area contributed by atoms with Gasteiger partial charge >= 0.3 is 0 Å². The molecular weight excluding hydrogens is 300 g/mol. The molecule has 1 aromatic carbocycles. The minimum atomic E-state index is -0.159. The van der Waals surface area contributed by atoms with Gasteiger partial charge in [-0.15, -0.1) is 11.3 Å². The number of likely N-dealkylation sites (N-methyl/N-ethyl adjacent to an activating group) is 1. The van der Waals surface area contributed by atoms with Gasteiger partial charge in [0.25, 0.3) is 5.91 Å². The number of rotatable bonds is 7. The zero-order chi connectivity index (χ0) is 15.9. The van der Waals surface area contributed by atoms with Crippen LogP contribution in [0.3, 0.4) is 0 Å². The number of amides is 2. The third kappa shape index (κ3) is 4.29. The van der Waals surface area contributed by atoms with Crippen LogP contribution in [0.2, 0.25) is 0 Å². The van der Waals surface area contributed by atoms with Crippen molar-refractivity contribution in [1.82, 2.24) is 10.2 Å². The van der Waals surface area contributed by atoms with Gasteiger partial charge in [0.15, 0.2) is 0 Å². The Morgan fingerprint density at radius 3 is 2.82 bits per heavy atom. The predicted molar refractivity (Wildman–Crippen MR) is 88.3 cm³/mol. The number of hydrogen-bond donors (Lipinski definition) is 1. The van der Waals surface area contributed by atoms with Crippen LogP contribution in [-0.2, 0) is 9.53 Å². The molecule has 0 fully saturated rings. The van der Waals surface area contributed by atoms with Crippen molar-refractivity contribution in [2.75, 3.05) is 33.9 Å². The second kappa shape index (κ2) is 7.91. The second-order valence-electron chi connectivity index (χ2n) is 5.01. The Morgan fingerprint density at radius 2 is 2.09 bits per heavy atom. The summed E-state index contributed by atoms with van der Waals surface area (Å²) in [5.74, 6) is -0.290. The van der Waals surface area contributed by atoms with E-state index in [4.69, 9.17) is 4.74 Å². The van der Waals surface area contributed by atoms with E-state index >= 15 is 0 Å². The van der Waals surface area contributed by atoms with Crippen LogP contribution >= 0.6 is 11.3 Å². The lowest BCUT2D eigenvalue weighted by Gasteiger charge is -2.15. The third-order valence-electron chi connectivity index (χ3n) is 3.21. The minimum absolute atomic E-state index is 0.0556. The van der Waals surface area contributed by atoms with Crippen LogP contribution in [0, 0.1) is 0 Å². The lowest BCUT2D eigenvalue weighted by Crippen LogP contribution is -2.38. The van der Waals surface area contributed by atoms with Crippen molar-refractivity contribution in [3.8, 4) is 0 Å². The standard InChI is InChI=1S/C16H20N2O3S/c1-18(11-15(19)17-8-5-9-21-2)16(20)14-10-12-6-3-4-7-13(12)22-14/h3-4,6-7,10H,5,8-9,11H2,1-2H3,(H,17,19). The fourth-order valence-electron chi connectivity index (χ4n) is 2.06. The topological polar surface area (TPSA) is 58.6 Å². The number of carbonyl (C=O) groups excluding carboxylic acids is 2. The van der Waals surface area contributed by atoms with Crippen LogP contribution in [-0.4, -0.2) is 50.6 Å². The van der Waals surface area contributed by atoms with E-state index in [1.807, 2.05) is 30.3 Å². The highest BCUT2D eigenvalue weighted by atomic mass is 32.1. The molecule has 0 bridgehead atoms. The van der Waals surface area contributed by atoms with Crippen molar-refractivity contribution in [2.24, 2.45) is 0 Å². The zero-order valence-corrected chi connectivity index (χ0v) is 13.6. The van der Waals surface area contributed by atoms with Gasteiger partial charge in [-0.2, -0.15) is 0 Å². The van der Waals surface area contributed by atoms with E-state index in [1.54, 1.807) is 14.2 Å². The van der Waals surface area contributed by atoms with Crippen molar-refractivity contribution >= 4 is 33.2 Å². The first kappa shape index (κ1) is 16.5. The van der Waals surface area contributed by atoms with E-state index in [0.717, 1.165) is 16.5 Å². The summed E-state index contributed by atoms with van der Waals surface area (Å²) in [6.07, 6.45) is 0.760. The first-order chi connectivity index (χ1) is 10.6. The van der Waals surface area contributed by atoms with Gasteiger partial charge in [0, 0.05) is 32.0 Å². The Kier molecular flexibility index (Phi) is 5.91. The summed E-state index contributed by atoms with van der Waals surface area (Å²) in [4.78, 5) is 26.2. The summed E-state index contributed by atoms with van der Waals surface area (Å²) in [5, 5.41) is 3.82. The van der Waals surface area contributed by atoms with Gasteiger partial charge in [0.2, 0.25) is 5.91 Å². The Hall–Kier alpha value is -1.92. The average Bonchev–Trinajstić information content (AvgIpc) is 2.94. The fourth-order valence-corrected chi connectivity index (χ4v) is 3.12. The molecule has 1 heterocycles. The summed E-state index contributed by atoms with van der Waals surface area (Å²) in [6, 6.07) is 9.73. The number of hydrogen-bond acceptors (Lipinski definition) is 4. The van der Waals surface area contributed by atoms with Gasteiger partial charge in [0.1, 0.15) is 0 Å². The molecule has 1 N–H and O–H groups in total. The first-order valence-electron chi connectivity index (χ1n) is 7.11. The van der Waals surface area contributed by atoms with Crippen molar-refractivity contribution < 1.29 is 14.3 Å². The molecule has 22 heavy (non-hydrogen) atoms. The van der Waals surface area contributed by atoms with E-state index in [9.17, 15) is 9.59 Å². The minimum Gasteiger partial charge on any atom is -0.385 e. The molecule has 0 aliphatic rings. The molecule has 5 nitrogen and oxygen atoms in total. The molecule has 0 aliphatic carbocycles. The average molecular weight is 320 g/mol. The van der Waals surface area contributed by atoms with E-state index < -0.39 is 0 Å². The van der Waals surface area contributed by atoms with Gasteiger partial charge in [-0.3, -0.25) is 9.59 Å². The second-order valence-corrected chi connectivity index (χ2v) is 6.09. The van der Waals surface area contributed by atoms with Crippen molar-refractivity contribution in [1.29, 1.82) is 0 Å². The predicted octanol–water partition coefficient (Wildman–Crippen LogP) is 2.13. The van der Waals surface area contributed by atoms with Gasteiger partial charge in [-0.05, 0) is 23.9 Å². The van der Waals surface area contributed by atoms with Crippen LogP contribution in [0.15, 0.2) is 30.3 Å².